The van der Waals surface area contributed by atoms with Gasteiger partial charge in [0.1, 0.15) is 6.10 Å². The fraction of sp³-hybridized carbons (Fsp3) is 0.579. The zero-order chi connectivity index (χ0) is 28.7. The van der Waals surface area contributed by atoms with E-state index in [-0.39, 0.29) is 6.10 Å². The largest absolute Gasteiger partial charge is 0.392 e. The zero-order valence-electron chi connectivity index (χ0n) is 25.8. The third-order valence-corrected chi connectivity index (χ3v) is 12.7. The molecule has 3 aromatic rings. The number of rotatable bonds is 7. The van der Waals surface area contributed by atoms with Crippen molar-refractivity contribution in [2.45, 2.75) is 97.4 Å². The fourth-order valence-electron chi connectivity index (χ4n) is 10.5. The summed E-state index contributed by atoms with van der Waals surface area (Å²) in [6.45, 7) is 8.29. The minimum Gasteiger partial charge on any atom is -0.392 e. The summed E-state index contributed by atoms with van der Waals surface area (Å²) >= 11 is 0. The summed E-state index contributed by atoms with van der Waals surface area (Å²) in [5, 5.41) is 5.65. The van der Waals surface area contributed by atoms with Gasteiger partial charge >= 0.3 is 0 Å². The summed E-state index contributed by atoms with van der Waals surface area (Å²) in [7, 11) is 0. The summed E-state index contributed by atoms with van der Waals surface area (Å²) < 4.78 is 6.48. The number of aromatic nitrogens is 1. The average molecular weight is 565 g/mol. The molecule has 42 heavy (non-hydrogen) atoms. The molecule has 4 aliphatic rings. The number of hydrogen-bond donors (Lipinski definition) is 0. The van der Waals surface area contributed by atoms with E-state index < -0.39 is 0 Å². The van der Waals surface area contributed by atoms with Gasteiger partial charge in [-0.1, -0.05) is 73.6 Å². The molecule has 0 saturated heterocycles. The maximum atomic E-state index is 6.48. The number of benzene rings is 2. The van der Waals surface area contributed by atoms with Crippen molar-refractivity contribution in [1.82, 2.24) is 4.98 Å². The van der Waals surface area contributed by atoms with Crippen LogP contribution in [0.15, 0.2) is 72.0 Å². The predicted molar refractivity (Wildman–Crippen MR) is 170 cm³/mol. The van der Waals surface area contributed by atoms with Crippen LogP contribution in [0.3, 0.4) is 0 Å². The van der Waals surface area contributed by atoms with Crippen molar-refractivity contribution in [2.75, 3.05) is 0 Å². The molecule has 2 aromatic carbocycles. The van der Waals surface area contributed by atoms with E-state index in [0.717, 1.165) is 46.7 Å². The van der Waals surface area contributed by atoms with Gasteiger partial charge in [0.25, 0.3) is 0 Å². The lowest BCUT2D eigenvalue weighted by atomic mass is 9.44. The molecule has 0 bridgehead atoms. The van der Waals surface area contributed by atoms with Gasteiger partial charge in [-0.3, -0.25) is 4.98 Å². The number of hydrogen-bond acceptors (Lipinski definition) is 4. The van der Waals surface area contributed by atoms with Crippen molar-refractivity contribution in [3.05, 3.63) is 78.0 Å². The van der Waals surface area contributed by atoms with Crippen molar-refractivity contribution in [2.24, 2.45) is 45.6 Å². The van der Waals surface area contributed by atoms with E-state index in [1.807, 2.05) is 18.5 Å². The third kappa shape index (κ3) is 4.98. The summed E-state index contributed by atoms with van der Waals surface area (Å²) in [6.07, 6.45) is 16.2. The molecule has 4 heteroatoms. The SMILES string of the molecule is C[C@@H](O/N=C/c1cccc2cccnc12)[C@H]1CC[C@H]2[C@@H]3CC[C@H]4C[C@@H](OCc5ccccc5)CC[C@]4(C)[C@H]3CC[C@]12C. The summed E-state index contributed by atoms with van der Waals surface area (Å²) in [5.74, 6) is 3.95. The molecule has 0 N–H and O–H groups in total. The highest BCUT2D eigenvalue weighted by molar-refractivity contribution is 5.97. The van der Waals surface area contributed by atoms with Gasteiger partial charge in [-0.25, -0.2) is 0 Å². The maximum absolute atomic E-state index is 6.48. The van der Waals surface area contributed by atoms with E-state index in [1.54, 1.807) is 0 Å². The van der Waals surface area contributed by atoms with Crippen LogP contribution in [0.5, 0.6) is 0 Å². The number of pyridine rings is 1. The molecule has 7 rings (SSSR count). The van der Waals surface area contributed by atoms with Crippen molar-refractivity contribution in [3.8, 4) is 0 Å². The Hall–Kier alpha value is -2.72. The lowest BCUT2D eigenvalue weighted by Gasteiger charge is -2.61. The van der Waals surface area contributed by atoms with Crippen molar-refractivity contribution >= 4 is 17.1 Å². The minimum atomic E-state index is 0.125. The summed E-state index contributed by atoms with van der Waals surface area (Å²) in [6, 6.07) is 21.0. The highest BCUT2D eigenvalue weighted by Crippen LogP contribution is 2.68. The highest BCUT2D eigenvalue weighted by Gasteiger charge is 2.61. The number of fused-ring (bicyclic) bond motifs is 6. The Kier molecular flexibility index (Phi) is 7.63. The standard InChI is InChI=1S/C38H48N2O2/c1-26(42-40-24-29-12-7-11-28-13-8-22-39-36(28)29)33-16-17-34-32-15-14-30-23-31(41-25-27-9-5-4-6-10-27)18-20-37(30,2)35(32)19-21-38(33,34)3/h4-13,22,24,26,30-35H,14-21,23,25H2,1-3H3/b40-24+/t26-,30+,31+,32+,33-,34+,35+,37+,38-/m1/s1. The molecule has 0 radical (unpaired) electrons. The van der Waals surface area contributed by atoms with E-state index >= 15 is 0 Å². The number of oxime groups is 1. The van der Waals surface area contributed by atoms with Gasteiger partial charge in [0.05, 0.1) is 24.4 Å². The molecule has 4 aliphatic carbocycles. The minimum absolute atomic E-state index is 0.125. The van der Waals surface area contributed by atoms with Crippen LogP contribution >= 0.6 is 0 Å². The molecule has 0 unspecified atom stereocenters. The Morgan fingerprint density at radius 3 is 2.57 bits per heavy atom. The van der Waals surface area contributed by atoms with Crippen molar-refractivity contribution in [1.29, 1.82) is 0 Å². The number of nitrogens with zero attached hydrogens (tertiary/aromatic N) is 2. The van der Waals surface area contributed by atoms with Gasteiger partial charge in [-0.2, -0.15) is 0 Å². The molecule has 9 atom stereocenters. The lowest BCUT2D eigenvalue weighted by Crippen LogP contribution is -2.54. The maximum Gasteiger partial charge on any atom is 0.128 e. The van der Waals surface area contributed by atoms with E-state index in [0.29, 0.717) is 22.9 Å². The van der Waals surface area contributed by atoms with E-state index in [1.165, 1.54) is 63.4 Å². The van der Waals surface area contributed by atoms with Crippen LogP contribution in [0, 0.1) is 40.4 Å². The first kappa shape index (κ1) is 28.1. The van der Waals surface area contributed by atoms with Crippen molar-refractivity contribution < 1.29 is 9.57 Å². The Labute approximate surface area is 252 Å². The van der Waals surface area contributed by atoms with Gasteiger partial charge in [-0.05, 0) is 111 Å². The Balaban J connectivity index is 0.989. The van der Waals surface area contributed by atoms with Gasteiger partial charge < -0.3 is 9.57 Å². The van der Waals surface area contributed by atoms with Crippen LogP contribution in [0.4, 0.5) is 0 Å². The van der Waals surface area contributed by atoms with Gasteiger partial charge in [0.2, 0.25) is 0 Å². The first-order chi connectivity index (χ1) is 20.5. The second-order valence-corrected chi connectivity index (χ2v) is 14.5. The highest BCUT2D eigenvalue weighted by atomic mass is 16.6. The van der Waals surface area contributed by atoms with Crippen LogP contribution in [0.25, 0.3) is 10.9 Å². The smallest absolute Gasteiger partial charge is 0.128 e. The van der Waals surface area contributed by atoms with E-state index in [4.69, 9.17) is 9.57 Å². The second kappa shape index (κ2) is 11.4. The zero-order valence-corrected chi connectivity index (χ0v) is 25.8. The normalized spacial score (nSPS) is 36.7. The van der Waals surface area contributed by atoms with Crippen molar-refractivity contribution in [3.63, 3.8) is 0 Å². The fourth-order valence-corrected chi connectivity index (χ4v) is 10.5. The van der Waals surface area contributed by atoms with Gasteiger partial charge in [-0.15, -0.1) is 0 Å². The Morgan fingerprint density at radius 1 is 0.881 bits per heavy atom. The van der Waals surface area contributed by atoms with Crippen LogP contribution < -0.4 is 0 Å². The molecule has 1 heterocycles. The molecule has 4 fully saturated rings. The van der Waals surface area contributed by atoms with Crippen LogP contribution in [-0.4, -0.2) is 23.4 Å². The van der Waals surface area contributed by atoms with E-state index in [2.05, 4.69) is 85.5 Å². The lowest BCUT2D eigenvalue weighted by molar-refractivity contribution is -0.143. The average Bonchev–Trinajstić information content (AvgIpc) is 3.38. The monoisotopic (exact) mass is 564 g/mol. The van der Waals surface area contributed by atoms with E-state index in [9.17, 15) is 0 Å². The summed E-state index contributed by atoms with van der Waals surface area (Å²) in [4.78, 5) is 10.8. The quantitative estimate of drug-likeness (QED) is 0.212. The van der Waals surface area contributed by atoms with Gasteiger partial charge in [0.15, 0.2) is 0 Å². The number of para-hydroxylation sites is 1. The summed E-state index contributed by atoms with van der Waals surface area (Å²) in [5.41, 5.74) is 4.13. The topological polar surface area (TPSA) is 43.7 Å². The third-order valence-electron chi connectivity index (χ3n) is 12.7. The molecular formula is C38H48N2O2. The van der Waals surface area contributed by atoms with Crippen LogP contribution in [0.2, 0.25) is 0 Å². The first-order valence-electron chi connectivity index (χ1n) is 16.6. The molecular weight excluding hydrogens is 516 g/mol. The Bertz CT molecular complexity index is 1400. The molecule has 1 aromatic heterocycles. The first-order valence-corrected chi connectivity index (χ1v) is 16.6. The number of ether oxygens (including phenoxy) is 1. The van der Waals surface area contributed by atoms with Crippen LogP contribution in [-0.2, 0) is 16.2 Å². The molecule has 0 amide bonds. The molecule has 0 aliphatic heterocycles. The predicted octanol–water partition coefficient (Wildman–Crippen LogP) is 9.22. The molecule has 4 nitrogen and oxygen atoms in total. The molecule has 4 saturated carbocycles. The van der Waals surface area contributed by atoms with Crippen LogP contribution in [0.1, 0.15) is 89.7 Å². The molecule has 0 spiro atoms. The molecule has 222 valence electrons. The van der Waals surface area contributed by atoms with Gasteiger partial charge in [0, 0.05) is 23.1 Å². The second-order valence-electron chi connectivity index (χ2n) is 14.5. The Morgan fingerprint density at radius 2 is 1.69 bits per heavy atom.